The monoisotopic (exact) mass is 406 g/mol. The second kappa shape index (κ2) is 9.37. The predicted octanol–water partition coefficient (Wildman–Crippen LogP) is 3.99. The first-order chi connectivity index (χ1) is 14.2. The first-order valence-corrected chi connectivity index (χ1v) is 11.3. The van der Waals surface area contributed by atoms with Crippen molar-refractivity contribution in [2.75, 3.05) is 25.9 Å². The van der Waals surface area contributed by atoms with Crippen LogP contribution < -0.4 is 5.32 Å². The van der Waals surface area contributed by atoms with Gasteiger partial charge in [-0.15, -0.1) is 11.8 Å². The van der Waals surface area contributed by atoms with Crippen LogP contribution >= 0.6 is 11.8 Å². The number of fused-ring (bicyclic) bond motifs is 1. The van der Waals surface area contributed by atoms with Gasteiger partial charge in [-0.2, -0.15) is 0 Å². The van der Waals surface area contributed by atoms with Gasteiger partial charge in [-0.1, -0.05) is 30.3 Å². The summed E-state index contributed by atoms with van der Waals surface area (Å²) in [5.74, 6) is 0.374. The summed E-state index contributed by atoms with van der Waals surface area (Å²) >= 11 is 1.81. The van der Waals surface area contributed by atoms with E-state index in [-0.39, 0.29) is 5.91 Å². The predicted molar refractivity (Wildman–Crippen MR) is 118 cm³/mol. The van der Waals surface area contributed by atoms with Crippen molar-refractivity contribution in [2.45, 2.75) is 24.3 Å². The standard InChI is InChI=1S/C23H26N4OS/c1-29-22-9-5-2-6-18(22)16-27-12-10-17(11-13-27)14-25-23(28)21-15-24-19-7-3-4-8-20(19)26-21/h2-9,15,17H,10-14,16H2,1H3,(H,25,28). The zero-order valence-electron chi connectivity index (χ0n) is 16.7. The van der Waals surface area contributed by atoms with E-state index >= 15 is 0 Å². The molecule has 6 heteroatoms. The van der Waals surface area contributed by atoms with Gasteiger partial charge in [-0.05, 0) is 61.9 Å². The molecule has 4 rings (SSSR count). The Labute approximate surface area is 175 Å². The van der Waals surface area contributed by atoms with Crippen LogP contribution in [0.2, 0.25) is 0 Å². The Morgan fingerprint density at radius 2 is 1.83 bits per heavy atom. The van der Waals surface area contributed by atoms with E-state index in [2.05, 4.69) is 50.7 Å². The average Bonchev–Trinajstić information content (AvgIpc) is 2.78. The maximum atomic E-state index is 12.5. The van der Waals surface area contributed by atoms with E-state index in [0.717, 1.165) is 43.5 Å². The lowest BCUT2D eigenvalue weighted by atomic mass is 9.96. The number of amides is 1. The molecule has 1 fully saturated rings. The van der Waals surface area contributed by atoms with Crippen LogP contribution in [0.3, 0.4) is 0 Å². The highest BCUT2D eigenvalue weighted by Crippen LogP contribution is 2.24. The molecule has 0 saturated carbocycles. The lowest BCUT2D eigenvalue weighted by Gasteiger charge is -2.32. The molecule has 2 aromatic carbocycles. The van der Waals surface area contributed by atoms with E-state index in [0.29, 0.717) is 18.2 Å². The number of benzene rings is 2. The third-order valence-corrected chi connectivity index (χ3v) is 6.36. The highest BCUT2D eigenvalue weighted by molar-refractivity contribution is 7.98. The zero-order chi connectivity index (χ0) is 20.1. The minimum absolute atomic E-state index is 0.139. The van der Waals surface area contributed by atoms with E-state index in [1.54, 1.807) is 6.20 Å². The molecule has 1 amide bonds. The molecule has 1 aliphatic heterocycles. The van der Waals surface area contributed by atoms with E-state index in [1.165, 1.54) is 10.5 Å². The van der Waals surface area contributed by atoms with Crippen LogP contribution in [0.15, 0.2) is 59.6 Å². The minimum atomic E-state index is -0.139. The normalized spacial score (nSPS) is 15.5. The van der Waals surface area contributed by atoms with Gasteiger partial charge in [0.2, 0.25) is 0 Å². The molecule has 1 aromatic heterocycles. The molecule has 0 unspecified atom stereocenters. The largest absolute Gasteiger partial charge is 0.350 e. The Kier molecular flexibility index (Phi) is 6.42. The molecule has 29 heavy (non-hydrogen) atoms. The fourth-order valence-electron chi connectivity index (χ4n) is 3.82. The van der Waals surface area contributed by atoms with Gasteiger partial charge in [0.05, 0.1) is 17.2 Å². The number of carbonyl (C=O) groups is 1. The molecular formula is C23H26N4OS. The fourth-order valence-corrected chi connectivity index (χ4v) is 4.43. The van der Waals surface area contributed by atoms with Crippen LogP contribution in [0.1, 0.15) is 28.9 Å². The minimum Gasteiger partial charge on any atom is -0.350 e. The third kappa shape index (κ3) is 4.95. The Hall–Kier alpha value is -2.44. The van der Waals surface area contributed by atoms with E-state index in [4.69, 9.17) is 0 Å². The van der Waals surface area contributed by atoms with Gasteiger partial charge in [0.25, 0.3) is 5.91 Å². The number of piperidine rings is 1. The second-order valence-corrected chi connectivity index (χ2v) is 8.33. The van der Waals surface area contributed by atoms with Crippen molar-refractivity contribution in [3.63, 3.8) is 0 Å². The van der Waals surface area contributed by atoms with Crippen LogP contribution in [0, 0.1) is 5.92 Å². The lowest BCUT2D eigenvalue weighted by Crippen LogP contribution is -2.38. The van der Waals surface area contributed by atoms with Crippen LogP contribution in [0.4, 0.5) is 0 Å². The number of thioether (sulfide) groups is 1. The van der Waals surface area contributed by atoms with Gasteiger partial charge in [0.15, 0.2) is 0 Å². The van der Waals surface area contributed by atoms with E-state index < -0.39 is 0 Å². The third-order valence-electron chi connectivity index (χ3n) is 5.53. The van der Waals surface area contributed by atoms with Crippen molar-refractivity contribution in [1.82, 2.24) is 20.2 Å². The molecule has 0 radical (unpaired) electrons. The van der Waals surface area contributed by atoms with Crippen LogP contribution in [-0.4, -0.2) is 46.7 Å². The van der Waals surface area contributed by atoms with Crippen LogP contribution in [-0.2, 0) is 6.54 Å². The molecule has 1 saturated heterocycles. The van der Waals surface area contributed by atoms with Gasteiger partial charge in [0, 0.05) is 18.0 Å². The van der Waals surface area contributed by atoms with Gasteiger partial charge >= 0.3 is 0 Å². The maximum Gasteiger partial charge on any atom is 0.271 e. The smallest absolute Gasteiger partial charge is 0.271 e. The molecule has 0 aliphatic carbocycles. The van der Waals surface area contributed by atoms with Crippen LogP contribution in [0.25, 0.3) is 11.0 Å². The summed E-state index contributed by atoms with van der Waals surface area (Å²) < 4.78 is 0. The SMILES string of the molecule is CSc1ccccc1CN1CCC(CNC(=O)c2cnc3ccccc3n2)CC1. The Balaban J connectivity index is 1.26. The molecule has 150 valence electrons. The van der Waals surface area contributed by atoms with E-state index in [9.17, 15) is 4.79 Å². The summed E-state index contributed by atoms with van der Waals surface area (Å²) in [6, 6.07) is 16.2. The number of carbonyl (C=O) groups excluding carboxylic acids is 1. The zero-order valence-corrected chi connectivity index (χ0v) is 17.5. The van der Waals surface area contributed by atoms with E-state index in [1.807, 2.05) is 36.0 Å². The summed E-state index contributed by atoms with van der Waals surface area (Å²) in [5, 5.41) is 3.05. The molecule has 1 aliphatic rings. The molecule has 3 aromatic rings. The van der Waals surface area contributed by atoms with Crippen molar-refractivity contribution in [2.24, 2.45) is 5.92 Å². The average molecular weight is 407 g/mol. The molecule has 0 atom stereocenters. The number of nitrogens with zero attached hydrogens (tertiary/aromatic N) is 3. The summed E-state index contributed by atoms with van der Waals surface area (Å²) in [7, 11) is 0. The number of rotatable bonds is 6. The molecule has 0 spiro atoms. The number of likely N-dealkylation sites (tertiary alicyclic amines) is 1. The Morgan fingerprint density at radius 3 is 2.62 bits per heavy atom. The number of para-hydroxylation sites is 2. The highest BCUT2D eigenvalue weighted by Gasteiger charge is 2.21. The maximum absolute atomic E-state index is 12.5. The molecule has 5 nitrogen and oxygen atoms in total. The van der Waals surface area contributed by atoms with Crippen molar-refractivity contribution < 1.29 is 4.79 Å². The topological polar surface area (TPSA) is 58.1 Å². The molecule has 2 heterocycles. The molecular weight excluding hydrogens is 380 g/mol. The molecule has 0 bridgehead atoms. The highest BCUT2D eigenvalue weighted by atomic mass is 32.2. The van der Waals surface area contributed by atoms with Crippen molar-refractivity contribution in [3.05, 3.63) is 66.0 Å². The summed E-state index contributed by atoms with van der Waals surface area (Å²) in [5.41, 5.74) is 3.34. The lowest BCUT2D eigenvalue weighted by molar-refractivity contribution is 0.0930. The van der Waals surface area contributed by atoms with Gasteiger partial charge in [0.1, 0.15) is 5.69 Å². The van der Waals surface area contributed by atoms with Crippen molar-refractivity contribution >= 4 is 28.7 Å². The van der Waals surface area contributed by atoms with Gasteiger partial charge < -0.3 is 5.32 Å². The van der Waals surface area contributed by atoms with Crippen molar-refractivity contribution in [1.29, 1.82) is 0 Å². The number of hydrogen-bond acceptors (Lipinski definition) is 5. The summed E-state index contributed by atoms with van der Waals surface area (Å²) in [4.78, 5) is 25.1. The Morgan fingerprint density at radius 1 is 1.10 bits per heavy atom. The quantitative estimate of drug-likeness (QED) is 0.627. The number of hydrogen-bond donors (Lipinski definition) is 1. The second-order valence-electron chi connectivity index (χ2n) is 7.49. The first-order valence-electron chi connectivity index (χ1n) is 10.1. The fraction of sp³-hybridized carbons (Fsp3) is 0.348. The van der Waals surface area contributed by atoms with Crippen molar-refractivity contribution in [3.8, 4) is 0 Å². The number of aromatic nitrogens is 2. The summed E-state index contributed by atoms with van der Waals surface area (Å²) in [6.07, 6.45) is 5.90. The summed E-state index contributed by atoms with van der Waals surface area (Å²) in [6.45, 7) is 3.84. The first kappa shape index (κ1) is 19.9. The van der Waals surface area contributed by atoms with Gasteiger partial charge in [-0.3, -0.25) is 14.7 Å². The van der Waals surface area contributed by atoms with Gasteiger partial charge in [-0.25, -0.2) is 4.98 Å². The molecule has 1 N–H and O–H groups in total. The number of nitrogens with one attached hydrogen (secondary N) is 1. The Bertz CT molecular complexity index is 985. The van der Waals surface area contributed by atoms with Crippen LogP contribution in [0.5, 0.6) is 0 Å².